The van der Waals surface area contributed by atoms with Gasteiger partial charge in [0.1, 0.15) is 6.10 Å². The van der Waals surface area contributed by atoms with Gasteiger partial charge in [0.2, 0.25) is 11.8 Å². The molecular weight excluding hydrogens is 518 g/mol. The number of pyridine rings is 1. The summed E-state index contributed by atoms with van der Waals surface area (Å²) in [6, 6.07) is 2.27. The average molecular weight is 560 g/mol. The predicted octanol–water partition coefficient (Wildman–Crippen LogP) is 4.30. The first-order chi connectivity index (χ1) is 19.8. The van der Waals surface area contributed by atoms with Gasteiger partial charge < -0.3 is 14.4 Å². The molecule has 218 valence electrons. The first-order valence-corrected chi connectivity index (χ1v) is 14.7. The van der Waals surface area contributed by atoms with Crippen molar-refractivity contribution in [1.82, 2.24) is 44.5 Å². The standard InChI is InChI=1S/C30H41N9O2/c1-7-40-29-22-10-11-24-23-14-25(31-15-26(23)33-32-24)28-21(4)34-37(6)30(28)41-20(3)17-36(5)18-27(22)39(35-29)19(2)16-38-12-8-9-13-38/h10-11,14-15,19-20H,7-9,12-13,16-18H2,1-6H3,(H,32,33)/b11-10+/t19-,20?/m0/s1. The molecule has 2 bridgehead atoms. The number of H-pyrrole nitrogens is 1. The molecule has 2 aliphatic heterocycles. The fourth-order valence-electron chi connectivity index (χ4n) is 6.23. The Morgan fingerprint density at radius 3 is 2.76 bits per heavy atom. The van der Waals surface area contributed by atoms with Gasteiger partial charge in [-0.3, -0.25) is 19.7 Å². The molecule has 4 aromatic heterocycles. The van der Waals surface area contributed by atoms with Gasteiger partial charge in [-0.25, -0.2) is 4.68 Å². The average Bonchev–Trinajstić information content (AvgIpc) is 3.70. The van der Waals surface area contributed by atoms with E-state index in [1.54, 1.807) is 0 Å². The van der Waals surface area contributed by atoms with E-state index in [1.165, 1.54) is 12.8 Å². The molecular formula is C30H41N9O2. The Morgan fingerprint density at radius 2 is 1.98 bits per heavy atom. The van der Waals surface area contributed by atoms with Crippen molar-refractivity contribution < 1.29 is 9.47 Å². The van der Waals surface area contributed by atoms with E-state index in [4.69, 9.17) is 19.6 Å². The van der Waals surface area contributed by atoms with Crippen LogP contribution in [-0.4, -0.2) is 90.5 Å². The molecule has 1 N–H and O–H groups in total. The lowest BCUT2D eigenvalue weighted by Gasteiger charge is -2.26. The second-order valence-corrected chi connectivity index (χ2v) is 11.5. The summed E-state index contributed by atoms with van der Waals surface area (Å²) >= 11 is 0. The minimum atomic E-state index is -0.0874. The molecule has 41 heavy (non-hydrogen) atoms. The number of nitrogens with one attached hydrogen (secondary N) is 1. The number of ether oxygens (including phenoxy) is 2. The van der Waals surface area contributed by atoms with E-state index < -0.39 is 0 Å². The van der Waals surface area contributed by atoms with Crippen molar-refractivity contribution in [3.8, 4) is 23.0 Å². The van der Waals surface area contributed by atoms with Crippen LogP contribution in [0.1, 0.15) is 62.3 Å². The highest BCUT2D eigenvalue weighted by Crippen LogP contribution is 2.35. The maximum absolute atomic E-state index is 6.57. The predicted molar refractivity (Wildman–Crippen MR) is 160 cm³/mol. The Labute approximate surface area is 241 Å². The van der Waals surface area contributed by atoms with Crippen LogP contribution in [0.15, 0.2) is 12.3 Å². The molecule has 11 heteroatoms. The van der Waals surface area contributed by atoms with E-state index in [9.17, 15) is 0 Å². The number of fused-ring (bicyclic) bond motifs is 4. The van der Waals surface area contributed by atoms with Gasteiger partial charge in [0, 0.05) is 32.1 Å². The number of likely N-dealkylation sites (N-methyl/N-ethyl adjacent to an activating group) is 1. The van der Waals surface area contributed by atoms with Crippen LogP contribution in [0, 0.1) is 6.92 Å². The van der Waals surface area contributed by atoms with Crippen molar-refractivity contribution in [3.05, 3.63) is 34.9 Å². The topological polar surface area (TPSA) is 102 Å². The second-order valence-electron chi connectivity index (χ2n) is 11.5. The minimum absolute atomic E-state index is 0.0874. The summed E-state index contributed by atoms with van der Waals surface area (Å²) in [5, 5.41) is 18.5. The maximum atomic E-state index is 6.57. The highest BCUT2D eigenvalue weighted by atomic mass is 16.5. The van der Waals surface area contributed by atoms with E-state index in [0.29, 0.717) is 24.9 Å². The quantitative estimate of drug-likeness (QED) is 0.386. The summed E-state index contributed by atoms with van der Waals surface area (Å²) in [6.45, 7) is 13.6. The van der Waals surface area contributed by atoms with Gasteiger partial charge in [-0.15, -0.1) is 5.10 Å². The summed E-state index contributed by atoms with van der Waals surface area (Å²) in [7, 11) is 4.05. The number of hydrogen-bond acceptors (Lipinski definition) is 8. The second kappa shape index (κ2) is 11.3. The van der Waals surface area contributed by atoms with Crippen molar-refractivity contribution in [2.45, 2.75) is 59.2 Å². The van der Waals surface area contributed by atoms with Gasteiger partial charge in [0.25, 0.3) is 0 Å². The molecule has 11 nitrogen and oxygen atoms in total. The summed E-state index contributed by atoms with van der Waals surface area (Å²) in [5.41, 5.74) is 6.41. The zero-order valence-corrected chi connectivity index (χ0v) is 25.0. The van der Waals surface area contributed by atoms with Crippen molar-refractivity contribution in [2.24, 2.45) is 7.05 Å². The van der Waals surface area contributed by atoms with Crippen LogP contribution < -0.4 is 9.47 Å². The van der Waals surface area contributed by atoms with Crippen LogP contribution >= 0.6 is 0 Å². The summed E-state index contributed by atoms with van der Waals surface area (Å²) in [4.78, 5) is 9.58. The van der Waals surface area contributed by atoms with Crippen LogP contribution in [-0.2, 0) is 13.6 Å². The maximum Gasteiger partial charge on any atom is 0.240 e. The lowest BCUT2D eigenvalue weighted by Crippen LogP contribution is -2.33. The normalized spacial score (nSPS) is 19.9. The lowest BCUT2D eigenvalue weighted by molar-refractivity contribution is 0.146. The number of aromatic amines is 1. The highest BCUT2D eigenvalue weighted by Gasteiger charge is 2.26. The van der Waals surface area contributed by atoms with E-state index >= 15 is 0 Å². The zero-order valence-electron chi connectivity index (χ0n) is 25.0. The summed E-state index contributed by atoms with van der Waals surface area (Å²) in [5.74, 6) is 1.37. The minimum Gasteiger partial charge on any atom is -0.476 e. The number of rotatable bonds is 5. The zero-order chi connectivity index (χ0) is 28.7. The smallest absolute Gasteiger partial charge is 0.240 e. The SMILES string of the molecule is CCOc1nn([C@@H](C)CN2CCCC2)c2c1/C=C/c1n[nH]c3cnc(cc13)-c1c(C)nn(C)c1OC(C)CN(C)C2. The molecule has 0 saturated carbocycles. The monoisotopic (exact) mass is 559 g/mol. The Morgan fingerprint density at radius 1 is 1.17 bits per heavy atom. The van der Waals surface area contributed by atoms with Gasteiger partial charge in [-0.2, -0.15) is 10.2 Å². The third-order valence-electron chi connectivity index (χ3n) is 8.05. The van der Waals surface area contributed by atoms with Crippen LogP contribution in [0.25, 0.3) is 34.3 Å². The Bertz CT molecular complexity index is 1560. The van der Waals surface area contributed by atoms with Crippen molar-refractivity contribution in [1.29, 1.82) is 0 Å². The molecule has 2 atom stereocenters. The third kappa shape index (κ3) is 5.36. The molecule has 0 spiro atoms. The van der Waals surface area contributed by atoms with Gasteiger partial charge in [0.05, 0.1) is 58.3 Å². The van der Waals surface area contributed by atoms with Gasteiger partial charge in [-0.1, -0.05) is 0 Å². The summed E-state index contributed by atoms with van der Waals surface area (Å²) < 4.78 is 16.7. The molecule has 1 unspecified atom stereocenters. The van der Waals surface area contributed by atoms with E-state index in [-0.39, 0.29) is 12.1 Å². The van der Waals surface area contributed by atoms with Crippen LogP contribution in [0.5, 0.6) is 11.8 Å². The summed E-state index contributed by atoms with van der Waals surface area (Å²) in [6.07, 6.45) is 8.44. The molecule has 1 fully saturated rings. The number of aryl methyl sites for hydroxylation is 2. The molecule has 4 aromatic rings. The number of likely N-dealkylation sites (tertiary alicyclic amines) is 1. The Balaban J connectivity index is 1.48. The van der Waals surface area contributed by atoms with Gasteiger partial charge >= 0.3 is 0 Å². The molecule has 0 aromatic carbocycles. The molecule has 2 aliphatic rings. The fraction of sp³-hybridized carbons (Fsp3) is 0.533. The number of aromatic nitrogens is 7. The number of nitrogens with zero attached hydrogens (tertiary/aromatic N) is 8. The van der Waals surface area contributed by atoms with Gasteiger partial charge in [0.15, 0.2) is 0 Å². The van der Waals surface area contributed by atoms with E-state index in [2.05, 4.69) is 68.9 Å². The molecule has 0 radical (unpaired) electrons. The van der Waals surface area contributed by atoms with E-state index in [1.807, 2.05) is 31.8 Å². The Kier molecular flexibility index (Phi) is 7.56. The van der Waals surface area contributed by atoms with Crippen LogP contribution in [0.3, 0.4) is 0 Å². The fourth-order valence-corrected chi connectivity index (χ4v) is 6.23. The molecule has 0 amide bonds. The highest BCUT2D eigenvalue weighted by molar-refractivity contribution is 5.92. The van der Waals surface area contributed by atoms with Crippen molar-refractivity contribution >= 4 is 23.1 Å². The first-order valence-electron chi connectivity index (χ1n) is 14.7. The van der Waals surface area contributed by atoms with Crippen LogP contribution in [0.4, 0.5) is 0 Å². The van der Waals surface area contributed by atoms with Gasteiger partial charge in [-0.05, 0) is 78.9 Å². The molecule has 6 rings (SSSR count). The Hall–Kier alpha value is -3.70. The molecule has 1 saturated heterocycles. The lowest BCUT2D eigenvalue weighted by atomic mass is 10.1. The van der Waals surface area contributed by atoms with E-state index in [0.717, 1.165) is 71.0 Å². The van der Waals surface area contributed by atoms with Crippen molar-refractivity contribution in [2.75, 3.05) is 39.8 Å². The first kappa shape index (κ1) is 27.5. The number of hydrogen-bond donors (Lipinski definition) is 1. The van der Waals surface area contributed by atoms with Crippen molar-refractivity contribution in [3.63, 3.8) is 0 Å². The largest absolute Gasteiger partial charge is 0.476 e. The third-order valence-corrected chi connectivity index (χ3v) is 8.05. The molecule has 6 heterocycles. The van der Waals surface area contributed by atoms with Crippen LogP contribution in [0.2, 0.25) is 0 Å². The molecule has 0 aliphatic carbocycles.